The Kier molecular flexibility index (Phi) is 3.22. The fraction of sp³-hybridized carbons (Fsp3) is 0.133. The summed E-state index contributed by atoms with van der Waals surface area (Å²) in [5.41, 5.74) is 4.85. The van der Waals surface area contributed by atoms with E-state index >= 15 is 0 Å². The molecule has 4 nitrogen and oxygen atoms in total. The average molecular weight is 270 g/mol. The van der Waals surface area contributed by atoms with Crippen LogP contribution in [-0.4, -0.2) is 9.78 Å². The van der Waals surface area contributed by atoms with Crippen molar-refractivity contribution in [2.45, 2.75) is 6.04 Å². The second kappa shape index (κ2) is 5.03. The van der Waals surface area contributed by atoms with Gasteiger partial charge in [-0.1, -0.05) is 36.4 Å². The Morgan fingerprint density at radius 2 is 1.85 bits per heavy atom. The molecular formula is C15H15FN4. The van der Waals surface area contributed by atoms with Crippen molar-refractivity contribution in [1.82, 2.24) is 15.2 Å². The zero-order valence-corrected chi connectivity index (χ0v) is 11.0. The van der Waals surface area contributed by atoms with Crippen molar-refractivity contribution < 1.29 is 4.39 Å². The summed E-state index contributed by atoms with van der Waals surface area (Å²) in [7, 11) is 1.86. The molecule has 3 aromatic rings. The van der Waals surface area contributed by atoms with Crippen molar-refractivity contribution in [3.05, 3.63) is 65.6 Å². The molecule has 0 aliphatic rings. The Morgan fingerprint density at radius 3 is 2.60 bits per heavy atom. The maximum absolute atomic E-state index is 14.0. The molecule has 3 rings (SSSR count). The first-order valence-electron chi connectivity index (χ1n) is 6.34. The zero-order valence-electron chi connectivity index (χ0n) is 11.0. The van der Waals surface area contributed by atoms with Gasteiger partial charge in [0, 0.05) is 18.0 Å². The van der Waals surface area contributed by atoms with Crippen LogP contribution < -0.4 is 11.3 Å². The summed E-state index contributed by atoms with van der Waals surface area (Å²) >= 11 is 0. The number of hydrogen-bond donors (Lipinski definition) is 2. The predicted molar refractivity (Wildman–Crippen MR) is 76.3 cm³/mol. The molecule has 0 bridgehead atoms. The number of rotatable bonds is 3. The summed E-state index contributed by atoms with van der Waals surface area (Å²) in [5, 5.41) is 5.45. The van der Waals surface area contributed by atoms with Crippen LogP contribution in [0.1, 0.15) is 17.3 Å². The fourth-order valence-electron chi connectivity index (χ4n) is 2.48. The van der Waals surface area contributed by atoms with Crippen molar-refractivity contribution in [2.75, 3.05) is 0 Å². The molecule has 0 saturated heterocycles. The lowest BCUT2D eigenvalue weighted by Gasteiger charge is -2.15. The molecule has 2 aromatic carbocycles. The number of para-hydroxylation sites is 1. The highest BCUT2D eigenvalue weighted by Crippen LogP contribution is 2.28. The highest BCUT2D eigenvalue weighted by Gasteiger charge is 2.21. The fourth-order valence-corrected chi connectivity index (χ4v) is 2.48. The molecule has 0 aliphatic heterocycles. The van der Waals surface area contributed by atoms with Crippen LogP contribution in [0, 0.1) is 5.82 Å². The predicted octanol–water partition coefficient (Wildman–Crippen LogP) is 2.27. The standard InChI is InChI=1S/C15H15FN4/c1-20-13-9-5-3-7-11(13)15(19-20)14(18-17)10-6-2-4-8-12(10)16/h2-9,14,18H,17H2,1H3. The number of nitrogens with two attached hydrogens (primary N) is 1. The number of fused-ring (bicyclic) bond motifs is 1. The van der Waals surface area contributed by atoms with E-state index in [1.807, 2.05) is 31.3 Å². The Balaban J connectivity index is 2.20. The molecule has 1 aromatic heterocycles. The number of aryl methyl sites for hydroxylation is 1. The molecule has 0 amide bonds. The van der Waals surface area contributed by atoms with Crippen LogP contribution in [0.5, 0.6) is 0 Å². The topological polar surface area (TPSA) is 55.9 Å². The molecule has 0 radical (unpaired) electrons. The van der Waals surface area contributed by atoms with E-state index in [-0.39, 0.29) is 5.82 Å². The molecular weight excluding hydrogens is 255 g/mol. The van der Waals surface area contributed by atoms with Gasteiger partial charge in [0.2, 0.25) is 0 Å². The third-order valence-corrected chi connectivity index (χ3v) is 3.44. The first-order chi connectivity index (χ1) is 9.72. The molecule has 0 saturated carbocycles. The molecule has 1 unspecified atom stereocenters. The third-order valence-electron chi connectivity index (χ3n) is 3.44. The van der Waals surface area contributed by atoms with E-state index in [9.17, 15) is 4.39 Å². The van der Waals surface area contributed by atoms with Crippen LogP contribution in [0.3, 0.4) is 0 Å². The van der Waals surface area contributed by atoms with E-state index in [0.29, 0.717) is 5.56 Å². The van der Waals surface area contributed by atoms with Gasteiger partial charge in [0.1, 0.15) is 5.82 Å². The van der Waals surface area contributed by atoms with Gasteiger partial charge in [-0.25, -0.2) is 9.82 Å². The van der Waals surface area contributed by atoms with E-state index < -0.39 is 6.04 Å². The number of aromatic nitrogens is 2. The van der Waals surface area contributed by atoms with Crippen LogP contribution in [0.25, 0.3) is 10.9 Å². The van der Waals surface area contributed by atoms with Crippen molar-refractivity contribution in [3.8, 4) is 0 Å². The minimum absolute atomic E-state index is 0.301. The van der Waals surface area contributed by atoms with E-state index in [1.165, 1.54) is 6.07 Å². The summed E-state index contributed by atoms with van der Waals surface area (Å²) < 4.78 is 15.8. The maximum Gasteiger partial charge on any atom is 0.128 e. The number of hydrogen-bond acceptors (Lipinski definition) is 3. The lowest BCUT2D eigenvalue weighted by atomic mass is 10.0. The van der Waals surface area contributed by atoms with Crippen molar-refractivity contribution >= 4 is 10.9 Å². The Labute approximate surface area is 116 Å². The van der Waals surface area contributed by atoms with Gasteiger partial charge in [-0.3, -0.25) is 10.5 Å². The van der Waals surface area contributed by atoms with Gasteiger partial charge in [0.15, 0.2) is 0 Å². The van der Waals surface area contributed by atoms with Crippen LogP contribution in [0.4, 0.5) is 4.39 Å². The highest BCUT2D eigenvalue weighted by molar-refractivity contribution is 5.82. The third kappa shape index (κ3) is 1.97. The number of nitrogens with one attached hydrogen (secondary N) is 1. The van der Waals surface area contributed by atoms with Crippen LogP contribution in [0.15, 0.2) is 48.5 Å². The van der Waals surface area contributed by atoms with Crippen LogP contribution in [0.2, 0.25) is 0 Å². The number of nitrogens with zero attached hydrogens (tertiary/aromatic N) is 2. The van der Waals surface area contributed by atoms with E-state index in [4.69, 9.17) is 5.84 Å². The molecule has 0 fully saturated rings. The minimum atomic E-state index is -0.484. The highest BCUT2D eigenvalue weighted by atomic mass is 19.1. The largest absolute Gasteiger partial charge is 0.271 e. The Bertz CT molecular complexity index is 750. The van der Waals surface area contributed by atoms with Gasteiger partial charge in [-0.15, -0.1) is 0 Å². The SMILES string of the molecule is Cn1nc(C(NN)c2ccccc2F)c2ccccc21. The van der Waals surface area contributed by atoms with E-state index in [1.54, 1.807) is 22.9 Å². The van der Waals surface area contributed by atoms with E-state index in [2.05, 4.69) is 10.5 Å². The molecule has 3 N–H and O–H groups in total. The Morgan fingerprint density at radius 1 is 1.15 bits per heavy atom. The van der Waals surface area contributed by atoms with Gasteiger partial charge < -0.3 is 0 Å². The van der Waals surface area contributed by atoms with Crippen molar-refractivity contribution in [1.29, 1.82) is 0 Å². The first-order valence-corrected chi connectivity index (χ1v) is 6.34. The Hall–Kier alpha value is -2.24. The second-order valence-corrected chi connectivity index (χ2v) is 4.65. The second-order valence-electron chi connectivity index (χ2n) is 4.65. The van der Waals surface area contributed by atoms with Gasteiger partial charge in [0.05, 0.1) is 17.3 Å². The van der Waals surface area contributed by atoms with Gasteiger partial charge in [0.25, 0.3) is 0 Å². The monoisotopic (exact) mass is 270 g/mol. The zero-order chi connectivity index (χ0) is 14.1. The van der Waals surface area contributed by atoms with Crippen molar-refractivity contribution in [2.24, 2.45) is 12.9 Å². The van der Waals surface area contributed by atoms with Crippen molar-refractivity contribution in [3.63, 3.8) is 0 Å². The minimum Gasteiger partial charge on any atom is -0.271 e. The van der Waals surface area contributed by atoms with Gasteiger partial charge in [-0.05, 0) is 12.1 Å². The summed E-state index contributed by atoms with van der Waals surface area (Å²) in [5.74, 6) is 5.34. The van der Waals surface area contributed by atoms with Crippen LogP contribution in [-0.2, 0) is 7.05 Å². The normalized spacial score (nSPS) is 12.8. The summed E-state index contributed by atoms with van der Waals surface area (Å²) in [4.78, 5) is 0. The number of benzene rings is 2. The quantitative estimate of drug-likeness (QED) is 0.567. The molecule has 1 atom stereocenters. The molecule has 102 valence electrons. The van der Waals surface area contributed by atoms with Crippen LogP contribution >= 0.6 is 0 Å². The maximum atomic E-state index is 14.0. The summed E-state index contributed by atoms with van der Waals surface area (Å²) in [6.45, 7) is 0. The van der Waals surface area contributed by atoms with E-state index in [0.717, 1.165) is 16.6 Å². The molecule has 1 heterocycles. The molecule has 20 heavy (non-hydrogen) atoms. The number of halogens is 1. The van der Waals surface area contributed by atoms with Gasteiger partial charge >= 0.3 is 0 Å². The lowest BCUT2D eigenvalue weighted by molar-refractivity contribution is 0.549. The summed E-state index contributed by atoms with van der Waals surface area (Å²) in [6, 6.07) is 13.9. The summed E-state index contributed by atoms with van der Waals surface area (Å²) in [6.07, 6.45) is 0. The lowest BCUT2D eigenvalue weighted by Crippen LogP contribution is -2.30. The first kappa shape index (κ1) is 12.8. The smallest absolute Gasteiger partial charge is 0.128 e. The average Bonchev–Trinajstić information content (AvgIpc) is 2.80. The molecule has 0 spiro atoms. The number of hydrazine groups is 1. The molecule has 5 heteroatoms. The van der Waals surface area contributed by atoms with Gasteiger partial charge in [-0.2, -0.15) is 5.10 Å². The molecule has 0 aliphatic carbocycles.